The van der Waals surface area contributed by atoms with Crippen LogP contribution < -0.4 is 0 Å². The van der Waals surface area contributed by atoms with Gasteiger partial charge in [0, 0.05) is 24.6 Å². The van der Waals surface area contributed by atoms with Crippen molar-refractivity contribution in [2.24, 2.45) is 0 Å². The third kappa shape index (κ3) is 1.47. The average molecular weight is 308 g/mol. The summed E-state index contributed by atoms with van der Waals surface area (Å²) in [5, 5.41) is 11.1. The second-order valence-electron chi connectivity index (χ2n) is 2.64. The minimum Gasteiger partial charge on any atom is -0.392 e. The molecular weight excluding hydrogens is 302 g/mol. The molecule has 0 aliphatic rings. The van der Waals surface area contributed by atoms with Gasteiger partial charge in [-0.1, -0.05) is 0 Å². The summed E-state index contributed by atoms with van der Waals surface area (Å²) >= 11 is 3.46. The van der Waals surface area contributed by atoms with E-state index in [0.29, 0.717) is 10.9 Å². The fourth-order valence-corrected chi connectivity index (χ4v) is 2.74. The summed E-state index contributed by atoms with van der Waals surface area (Å²) in [6.45, 7) is -0.108. The van der Waals surface area contributed by atoms with Crippen molar-refractivity contribution in [3.8, 4) is 0 Å². The zero-order valence-electron chi connectivity index (χ0n) is 6.55. The van der Waals surface area contributed by atoms with E-state index in [2.05, 4.69) is 22.6 Å². The molecule has 2 aromatic rings. The molecule has 0 radical (unpaired) electrons. The quantitative estimate of drug-likeness (QED) is 0.803. The number of hydrogen-bond donors (Lipinski definition) is 1. The first-order valence-electron chi connectivity index (χ1n) is 3.69. The molecule has 1 aromatic heterocycles. The van der Waals surface area contributed by atoms with Gasteiger partial charge in [-0.15, -0.1) is 11.3 Å². The Bertz CT molecular complexity index is 452. The van der Waals surface area contributed by atoms with E-state index < -0.39 is 0 Å². The van der Waals surface area contributed by atoms with Crippen LogP contribution in [0.1, 0.15) is 5.56 Å². The molecule has 0 saturated carbocycles. The van der Waals surface area contributed by atoms with Crippen LogP contribution in [-0.2, 0) is 6.61 Å². The van der Waals surface area contributed by atoms with Gasteiger partial charge in [-0.3, -0.25) is 0 Å². The minimum absolute atomic E-state index is 0.108. The summed E-state index contributed by atoms with van der Waals surface area (Å²) in [5.74, 6) is -0.234. The average Bonchev–Trinajstić information content (AvgIpc) is 2.49. The van der Waals surface area contributed by atoms with Gasteiger partial charge in [-0.25, -0.2) is 4.39 Å². The summed E-state index contributed by atoms with van der Waals surface area (Å²) in [4.78, 5) is 0. The third-order valence-corrected chi connectivity index (χ3v) is 3.83. The van der Waals surface area contributed by atoms with Crippen molar-refractivity contribution in [3.63, 3.8) is 0 Å². The number of thiophene rings is 1. The monoisotopic (exact) mass is 308 g/mol. The lowest BCUT2D eigenvalue weighted by molar-refractivity contribution is 0.282. The van der Waals surface area contributed by atoms with E-state index in [1.165, 1.54) is 16.7 Å². The lowest BCUT2D eigenvalue weighted by Crippen LogP contribution is -1.89. The van der Waals surface area contributed by atoms with E-state index in [9.17, 15) is 4.39 Å². The molecule has 1 N–H and O–H groups in total. The van der Waals surface area contributed by atoms with Crippen molar-refractivity contribution in [1.29, 1.82) is 0 Å². The summed E-state index contributed by atoms with van der Waals surface area (Å²) in [6, 6.07) is 3.77. The molecule has 0 bridgehead atoms. The first-order valence-corrected chi connectivity index (χ1v) is 5.65. The van der Waals surface area contributed by atoms with E-state index >= 15 is 0 Å². The number of halogens is 2. The molecule has 0 amide bonds. The molecular formula is C9H6FIOS. The number of aliphatic hydroxyl groups is 1. The predicted molar refractivity (Wildman–Crippen MR) is 60.4 cm³/mol. The standard InChI is InChI=1S/C9H6FIOS/c10-6-4-13-8-2-1-7(11)5(3-12)9(6)8/h1-2,4,12H,3H2. The lowest BCUT2D eigenvalue weighted by atomic mass is 10.1. The molecule has 0 atom stereocenters. The number of hydrogen-bond acceptors (Lipinski definition) is 2. The van der Waals surface area contributed by atoms with E-state index in [1.807, 2.05) is 12.1 Å². The van der Waals surface area contributed by atoms with Crippen molar-refractivity contribution in [2.45, 2.75) is 6.61 Å². The van der Waals surface area contributed by atoms with E-state index in [0.717, 1.165) is 8.27 Å². The molecule has 0 saturated heterocycles. The van der Waals surface area contributed by atoms with Gasteiger partial charge in [0.1, 0.15) is 5.82 Å². The maximum Gasteiger partial charge on any atom is 0.142 e. The van der Waals surface area contributed by atoms with Gasteiger partial charge in [-0.2, -0.15) is 0 Å². The second kappa shape index (κ2) is 3.51. The highest BCUT2D eigenvalue weighted by Gasteiger charge is 2.10. The topological polar surface area (TPSA) is 20.2 Å². The van der Waals surface area contributed by atoms with Crippen molar-refractivity contribution >= 4 is 44.0 Å². The fraction of sp³-hybridized carbons (Fsp3) is 0.111. The lowest BCUT2D eigenvalue weighted by Gasteiger charge is -2.02. The number of benzene rings is 1. The molecule has 2 rings (SSSR count). The maximum atomic E-state index is 13.3. The van der Waals surface area contributed by atoms with Crippen LogP contribution in [-0.4, -0.2) is 5.11 Å². The van der Waals surface area contributed by atoms with Gasteiger partial charge in [0.2, 0.25) is 0 Å². The van der Waals surface area contributed by atoms with Crippen LogP contribution in [0.15, 0.2) is 17.5 Å². The first-order chi connectivity index (χ1) is 6.24. The Morgan fingerprint density at radius 1 is 1.46 bits per heavy atom. The summed E-state index contributed by atoms with van der Waals surface area (Å²) in [7, 11) is 0. The van der Waals surface area contributed by atoms with Gasteiger partial charge in [0.15, 0.2) is 0 Å². The number of rotatable bonds is 1. The molecule has 0 spiro atoms. The molecule has 1 heterocycles. The normalized spacial score (nSPS) is 11.0. The highest BCUT2D eigenvalue weighted by atomic mass is 127. The Labute approximate surface area is 92.3 Å². The smallest absolute Gasteiger partial charge is 0.142 e. The van der Waals surface area contributed by atoms with Crippen LogP contribution in [0, 0.1) is 9.39 Å². The molecule has 1 aromatic carbocycles. The fourth-order valence-electron chi connectivity index (χ4n) is 1.29. The maximum absolute atomic E-state index is 13.3. The Morgan fingerprint density at radius 2 is 2.23 bits per heavy atom. The van der Waals surface area contributed by atoms with Crippen molar-refractivity contribution in [1.82, 2.24) is 0 Å². The second-order valence-corrected chi connectivity index (χ2v) is 4.71. The summed E-state index contributed by atoms with van der Waals surface area (Å²) in [5.41, 5.74) is 0.692. The summed E-state index contributed by atoms with van der Waals surface area (Å²) < 4.78 is 15.1. The predicted octanol–water partition coefficient (Wildman–Crippen LogP) is 3.14. The molecule has 0 fully saturated rings. The SMILES string of the molecule is OCc1c(I)ccc2scc(F)c12. The molecule has 13 heavy (non-hydrogen) atoms. The molecule has 4 heteroatoms. The number of fused-ring (bicyclic) bond motifs is 1. The molecule has 0 aliphatic heterocycles. The van der Waals surface area contributed by atoms with Crippen molar-refractivity contribution < 1.29 is 9.50 Å². The zero-order chi connectivity index (χ0) is 9.42. The molecule has 68 valence electrons. The van der Waals surface area contributed by atoms with Crippen molar-refractivity contribution in [2.75, 3.05) is 0 Å². The van der Waals surface area contributed by atoms with Crippen LogP contribution in [0.25, 0.3) is 10.1 Å². The molecule has 1 nitrogen and oxygen atoms in total. The third-order valence-electron chi connectivity index (χ3n) is 1.90. The number of aliphatic hydroxyl groups excluding tert-OH is 1. The first kappa shape index (κ1) is 9.36. The van der Waals surface area contributed by atoms with E-state index in [-0.39, 0.29) is 12.4 Å². The van der Waals surface area contributed by atoms with Crippen LogP contribution in [0.5, 0.6) is 0 Å². The largest absolute Gasteiger partial charge is 0.392 e. The van der Waals surface area contributed by atoms with Gasteiger partial charge < -0.3 is 5.11 Å². The van der Waals surface area contributed by atoms with Crippen molar-refractivity contribution in [3.05, 3.63) is 32.5 Å². The molecule has 0 aliphatic carbocycles. The van der Waals surface area contributed by atoms with Crippen LogP contribution >= 0.6 is 33.9 Å². The Morgan fingerprint density at radius 3 is 2.92 bits per heavy atom. The zero-order valence-corrected chi connectivity index (χ0v) is 9.52. The van der Waals surface area contributed by atoms with E-state index in [1.54, 1.807) is 0 Å². The highest BCUT2D eigenvalue weighted by Crippen LogP contribution is 2.30. The van der Waals surface area contributed by atoms with Crippen LogP contribution in [0.3, 0.4) is 0 Å². The van der Waals surface area contributed by atoms with Gasteiger partial charge >= 0.3 is 0 Å². The van der Waals surface area contributed by atoms with Gasteiger partial charge in [-0.05, 0) is 34.7 Å². The van der Waals surface area contributed by atoms with Gasteiger partial charge in [0.25, 0.3) is 0 Å². The van der Waals surface area contributed by atoms with Crippen LogP contribution in [0.2, 0.25) is 0 Å². The Kier molecular flexibility index (Phi) is 2.53. The summed E-state index contributed by atoms with van der Waals surface area (Å²) in [6.07, 6.45) is 0. The highest BCUT2D eigenvalue weighted by molar-refractivity contribution is 14.1. The van der Waals surface area contributed by atoms with E-state index in [4.69, 9.17) is 5.11 Å². The van der Waals surface area contributed by atoms with Gasteiger partial charge in [0.05, 0.1) is 6.61 Å². The van der Waals surface area contributed by atoms with Crippen LogP contribution in [0.4, 0.5) is 4.39 Å². The Hall–Kier alpha value is -0.200. The minimum atomic E-state index is -0.234. The molecule has 0 unspecified atom stereocenters. The Balaban J connectivity index is 2.88.